The fourth-order valence-corrected chi connectivity index (χ4v) is 1.96. The predicted molar refractivity (Wildman–Crippen MR) is 62.6 cm³/mol. The fraction of sp³-hybridized carbons (Fsp3) is 0.222. The number of rotatable bonds is 2. The van der Waals surface area contributed by atoms with Crippen LogP contribution in [0.25, 0.3) is 11.0 Å². The Hall–Kier alpha value is -0.740. The molecule has 0 fully saturated rings. The zero-order valence-electron chi connectivity index (χ0n) is 7.37. The van der Waals surface area contributed by atoms with Crippen molar-refractivity contribution < 1.29 is 0 Å². The number of nitrogens with two attached hydrogens (primary N) is 1. The van der Waals surface area contributed by atoms with Crippen LogP contribution in [0.5, 0.6) is 0 Å². The Kier molecular flexibility index (Phi) is 2.65. The molecule has 2 N–H and O–H groups in total. The Labute approximate surface area is 95.0 Å². The van der Waals surface area contributed by atoms with Gasteiger partial charge in [-0.25, -0.2) is 4.98 Å². The zero-order chi connectivity index (χ0) is 10.1. The van der Waals surface area contributed by atoms with E-state index in [0.717, 1.165) is 15.5 Å². The monoisotopic (exact) mass is 273 g/mol. The summed E-state index contributed by atoms with van der Waals surface area (Å²) in [6, 6.07) is 5.89. The van der Waals surface area contributed by atoms with Gasteiger partial charge in [-0.2, -0.15) is 0 Å². The highest BCUT2D eigenvalue weighted by Gasteiger charge is 2.06. The van der Waals surface area contributed by atoms with E-state index in [9.17, 15) is 0 Å². The van der Waals surface area contributed by atoms with E-state index in [1.165, 1.54) is 0 Å². The first-order chi connectivity index (χ1) is 6.72. The Morgan fingerprint density at radius 3 is 3.00 bits per heavy atom. The van der Waals surface area contributed by atoms with Crippen molar-refractivity contribution in [2.75, 3.05) is 11.6 Å². The summed E-state index contributed by atoms with van der Waals surface area (Å²) in [5.74, 6) is 1.05. The number of benzene rings is 1. The first-order valence-electron chi connectivity index (χ1n) is 4.19. The molecule has 74 valence electrons. The average molecular weight is 275 g/mol. The van der Waals surface area contributed by atoms with Crippen LogP contribution < -0.4 is 5.73 Å². The van der Waals surface area contributed by atoms with Crippen LogP contribution in [-0.2, 0) is 6.54 Å². The van der Waals surface area contributed by atoms with E-state index in [4.69, 9.17) is 17.3 Å². The first-order valence-corrected chi connectivity index (χ1v) is 5.52. The van der Waals surface area contributed by atoms with Crippen LogP contribution in [-0.4, -0.2) is 15.4 Å². The molecule has 0 spiro atoms. The molecule has 0 saturated carbocycles. The summed E-state index contributed by atoms with van der Waals surface area (Å²) < 4.78 is 2.91. The second-order valence-corrected chi connectivity index (χ2v) is 4.24. The van der Waals surface area contributed by atoms with E-state index >= 15 is 0 Å². The summed E-state index contributed by atoms with van der Waals surface area (Å²) in [6.07, 6.45) is 0. The van der Waals surface area contributed by atoms with Gasteiger partial charge >= 0.3 is 0 Å². The van der Waals surface area contributed by atoms with Crippen molar-refractivity contribution in [2.45, 2.75) is 6.54 Å². The number of fused-ring (bicyclic) bond motifs is 1. The molecule has 1 heterocycles. The number of hydrogen-bond acceptors (Lipinski definition) is 2. The fourth-order valence-electron chi connectivity index (χ4n) is 1.44. The molecular formula is C9H9BrClN3. The van der Waals surface area contributed by atoms with Crippen molar-refractivity contribution in [2.24, 2.45) is 0 Å². The lowest BCUT2D eigenvalue weighted by Crippen LogP contribution is -2.03. The van der Waals surface area contributed by atoms with Crippen LogP contribution >= 0.6 is 27.5 Å². The number of halogens is 2. The van der Waals surface area contributed by atoms with Gasteiger partial charge in [-0.15, -0.1) is 11.6 Å². The lowest BCUT2D eigenvalue weighted by molar-refractivity contribution is 0.806. The molecule has 0 aliphatic heterocycles. The van der Waals surface area contributed by atoms with Crippen molar-refractivity contribution in [3.8, 4) is 0 Å². The molecule has 0 aliphatic carbocycles. The Morgan fingerprint density at radius 1 is 1.50 bits per heavy atom. The number of aromatic nitrogens is 2. The van der Waals surface area contributed by atoms with Crippen molar-refractivity contribution in [1.82, 2.24) is 9.55 Å². The smallest absolute Gasteiger partial charge is 0.201 e. The maximum Gasteiger partial charge on any atom is 0.201 e. The summed E-state index contributed by atoms with van der Waals surface area (Å²) in [5.41, 5.74) is 7.68. The van der Waals surface area contributed by atoms with Crippen LogP contribution in [0.2, 0.25) is 0 Å². The van der Waals surface area contributed by atoms with Gasteiger partial charge in [-0.05, 0) is 18.2 Å². The molecule has 0 amide bonds. The number of alkyl halides is 1. The number of nitrogen functional groups attached to an aromatic ring is 1. The van der Waals surface area contributed by atoms with Gasteiger partial charge in [0.1, 0.15) is 0 Å². The van der Waals surface area contributed by atoms with E-state index < -0.39 is 0 Å². The Balaban J connectivity index is 2.64. The third-order valence-corrected chi connectivity index (χ3v) is 2.71. The normalized spacial score (nSPS) is 11.0. The van der Waals surface area contributed by atoms with E-state index in [0.29, 0.717) is 18.4 Å². The highest BCUT2D eigenvalue weighted by Crippen LogP contribution is 2.21. The third kappa shape index (κ3) is 1.60. The third-order valence-electron chi connectivity index (χ3n) is 2.05. The number of anilines is 1. The molecule has 14 heavy (non-hydrogen) atoms. The average Bonchev–Trinajstić information content (AvgIpc) is 2.43. The number of imidazole rings is 1. The SMILES string of the molecule is Nc1nc2cc(Br)ccc2n1CCCl. The molecular weight excluding hydrogens is 265 g/mol. The first kappa shape index (κ1) is 9.80. The Bertz CT molecular complexity index is 466. The molecule has 0 atom stereocenters. The van der Waals surface area contributed by atoms with E-state index in [2.05, 4.69) is 20.9 Å². The molecule has 2 aromatic rings. The highest BCUT2D eigenvalue weighted by atomic mass is 79.9. The summed E-state index contributed by atoms with van der Waals surface area (Å²) in [5, 5.41) is 0. The molecule has 3 nitrogen and oxygen atoms in total. The van der Waals surface area contributed by atoms with E-state index in [1.54, 1.807) is 0 Å². The summed E-state index contributed by atoms with van der Waals surface area (Å²) in [7, 11) is 0. The summed E-state index contributed by atoms with van der Waals surface area (Å²) >= 11 is 9.07. The van der Waals surface area contributed by atoms with Gasteiger partial charge in [0.05, 0.1) is 11.0 Å². The highest BCUT2D eigenvalue weighted by molar-refractivity contribution is 9.10. The molecule has 0 radical (unpaired) electrons. The van der Waals surface area contributed by atoms with E-state index in [-0.39, 0.29) is 0 Å². The Morgan fingerprint density at radius 2 is 2.29 bits per heavy atom. The predicted octanol–water partition coefficient (Wildman–Crippen LogP) is 2.62. The lowest BCUT2D eigenvalue weighted by atomic mass is 10.3. The second kappa shape index (κ2) is 3.79. The number of aryl methyl sites for hydroxylation is 1. The summed E-state index contributed by atoms with van der Waals surface area (Å²) in [4.78, 5) is 4.24. The van der Waals surface area contributed by atoms with Crippen LogP contribution in [0.1, 0.15) is 0 Å². The van der Waals surface area contributed by atoms with Gasteiger partial charge in [-0.3, -0.25) is 0 Å². The quantitative estimate of drug-likeness (QED) is 0.856. The van der Waals surface area contributed by atoms with Crippen molar-refractivity contribution in [3.63, 3.8) is 0 Å². The lowest BCUT2D eigenvalue weighted by Gasteiger charge is -2.02. The molecule has 0 unspecified atom stereocenters. The molecule has 2 rings (SSSR count). The largest absolute Gasteiger partial charge is 0.369 e. The molecule has 0 bridgehead atoms. The minimum Gasteiger partial charge on any atom is -0.369 e. The maximum atomic E-state index is 5.77. The van der Waals surface area contributed by atoms with Crippen molar-refractivity contribution >= 4 is 44.5 Å². The zero-order valence-corrected chi connectivity index (χ0v) is 9.72. The van der Waals surface area contributed by atoms with Gasteiger partial charge in [-0.1, -0.05) is 15.9 Å². The van der Waals surface area contributed by atoms with Crippen LogP contribution in [0.3, 0.4) is 0 Å². The molecule has 0 saturated heterocycles. The van der Waals surface area contributed by atoms with Gasteiger partial charge in [0.15, 0.2) is 0 Å². The topological polar surface area (TPSA) is 43.8 Å². The van der Waals surface area contributed by atoms with Crippen LogP contribution in [0.15, 0.2) is 22.7 Å². The molecule has 0 aliphatic rings. The van der Waals surface area contributed by atoms with Gasteiger partial charge < -0.3 is 10.3 Å². The molecule has 1 aromatic carbocycles. The van der Waals surface area contributed by atoms with Gasteiger partial charge in [0, 0.05) is 16.9 Å². The second-order valence-electron chi connectivity index (χ2n) is 2.94. The van der Waals surface area contributed by atoms with E-state index in [1.807, 2.05) is 22.8 Å². The number of nitrogens with zero attached hydrogens (tertiary/aromatic N) is 2. The number of hydrogen-bond donors (Lipinski definition) is 1. The van der Waals surface area contributed by atoms with Crippen LogP contribution in [0.4, 0.5) is 5.95 Å². The van der Waals surface area contributed by atoms with Gasteiger partial charge in [0.25, 0.3) is 0 Å². The minimum absolute atomic E-state index is 0.513. The minimum atomic E-state index is 0.513. The van der Waals surface area contributed by atoms with Gasteiger partial charge in [0.2, 0.25) is 5.95 Å². The van der Waals surface area contributed by atoms with Crippen molar-refractivity contribution in [1.29, 1.82) is 0 Å². The molecule has 1 aromatic heterocycles. The van der Waals surface area contributed by atoms with Crippen LogP contribution in [0, 0.1) is 0 Å². The molecule has 5 heteroatoms. The standard InChI is InChI=1S/C9H9BrClN3/c10-6-1-2-8-7(5-6)13-9(12)14(8)4-3-11/h1-2,5H,3-4H2,(H2,12,13). The van der Waals surface area contributed by atoms with Crippen molar-refractivity contribution in [3.05, 3.63) is 22.7 Å². The summed E-state index contributed by atoms with van der Waals surface area (Å²) in [6.45, 7) is 0.686. The maximum absolute atomic E-state index is 5.77.